The topological polar surface area (TPSA) is 34.4 Å². The predicted molar refractivity (Wildman–Crippen MR) is 74.3 cm³/mol. The van der Waals surface area contributed by atoms with E-state index in [4.69, 9.17) is 20.8 Å². The van der Waals surface area contributed by atoms with Crippen LogP contribution in [0.3, 0.4) is 0 Å². The Labute approximate surface area is 112 Å². The summed E-state index contributed by atoms with van der Waals surface area (Å²) < 4.78 is 10.6. The summed E-state index contributed by atoms with van der Waals surface area (Å²) in [6, 6.07) is 1.99. The van der Waals surface area contributed by atoms with E-state index < -0.39 is 0 Å². The van der Waals surface area contributed by atoms with E-state index in [9.17, 15) is 0 Å². The Morgan fingerprint density at radius 3 is 2.89 bits per heavy atom. The molecule has 0 aliphatic rings. The lowest BCUT2D eigenvalue weighted by molar-refractivity contribution is 0.199. The minimum Gasteiger partial charge on any atom is -0.464 e. The number of ether oxygens (including phenoxy) is 1. The van der Waals surface area contributed by atoms with Crippen LogP contribution >= 0.6 is 11.6 Å². The molecule has 4 heteroatoms. The number of hydrogen-bond acceptors (Lipinski definition) is 3. The minimum absolute atomic E-state index is 0.703. The van der Waals surface area contributed by atoms with Crippen molar-refractivity contribution >= 4 is 22.6 Å². The minimum atomic E-state index is 0.703. The second-order valence-electron chi connectivity index (χ2n) is 4.44. The predicted octanol–water partition coefficient (Wildman–Crippen LogP) is 3.44. The van der Waals surface area contributed by atoms with Crippen molar-refractivity contribution in [3.05, 3.63) is 34.0 Å². The molecular weight excluding hydrogens is 250 g/mol. The number of nitrogens with one attached hydrogen (secondary N) is 1. The molecule has 2 rings (SSSR count). The van der Waals surface area contributed by atoms with Crippen molar-refractivity contribution in [1.29, 1.82) is 0 Å². The van der Waals surface area contributed by atoms with Crippen LogP contribution in [0.5, 0.6) is 0 Å². The van der Waals surface area contributed by atoms with Crippen LogP contribution < -0.4 is 5.32 Å². The molecule has 0 fully saturated rings. The fourth-order valence-corrected chi connectivity index (χ4v) is 2.28. The molecule has 98 valence electrons. The Hall–Kier alpha value is -1.03. The van der Waals surface area contributed by atoms with Crippen LogP contribution in [0.15, 0.2) is 16.7 Å². The fourth-order valence-electron chi connectivity index (χ4n) is 2.14. The van der Waals surface area contributed by atoms with Gasteiger partial charge in [0.05, 0.1) is 12.9 Å². The van der Waals surface area contributed by atoms with E-state index in [1.165, 1.54) is 0 Å². The Kier molecular flexibility index (Phi) is 4.27. The van der Waals surface area contributed by atoms with E-state index in [1.54, 1.807) is 13.4 Å². The molecule has 1 heterocycles. The SMILES string of the molecule is COCCNCc1coc2cc(C)c(Cl)c(C)c12. The fraction of sp³-hybridized carbons (Fsp3) is 0.429. The van der Waals surface area contributed by atoms with E-state index in [1.807, 2.05) is 19.9 Å². The van der Waals surface area contributed by atoms with E-state index in [-0.39, 0.29) is 0 Å². The Morgan fingerprint density at radius 1 is 1.39 bits per heavy atom. The van der Waals surface area contributed by atoms with Crippen LogP contribution in [0.25, 0.3) is 11.0 Å². The summed E-state index contributed by atoms with van der Waals surface area (Å²) in [5.74, 6) is 0. The van der Waals surface area contributed by atoms with Crippen molar-refractivity contribution < 1.29 is 9.15 Å². The number of fused-ring (bicyclic) bond motifs is 1. The van der Waals surface area contributed by atoms with Gasteiger partial charge in [-0.2, -0.15) is 0 Å². The average Bonchev–Trinajstić information content (AvgIpc) is 2.75. The highest BCUT2D eigenvalue weighted by Gasteiger charge is 2.12. The molecule has 0 bridgehead atoms. The van der Waals surface area contributed by atoms with Gasteiger partial charge in [0, 0.05) is 36.2 Å². The van der Waals surface area contributed by atoms with Crippen LogP contribution in [0.1, 0.15) is 16.7 Å². The summed E-state index contributed by atoms with van der Waals surface area (Å²) in [6.45, 7) is 6.31. The van der Waals surface area contributed by atoms with Gasteiger partial charge in [-0.25, -0.2) is 0 Å². The normalized spacial score (nSPS) is 11.3. The standard InChI is InChI=1S/C14H18ClNO2/c1-9-6-12-13(10(2)14(9)15)11(8-18-12)7-16-4-5-17-3/h6,8,16H,4-5,7H2,1-3H3. The number of furan rings is 1. The first-order valence-corrected chi connectivity index (χ1v) is 6.38. The quantitative estimate of drug-likeness (QED) is 0.843. The molecule has 0 saturated heterocycles. The van der Waals surface area contributed by atoms with Gasteiger partial charge in [0.2, 0.25) is 0 Å². The summed E-state index contributed by atoms with van der Waals surface area (Å²) in [5, 5.41) is 5.26. The van der Waals surface area contributed by atoms with Crippen LogP contribution in [-0.4, -0.2) is 20.3 Å². The first kappa shape index (κ1) is 13.4. The monoisotopic (exact) mass is 267 g/mol. The highest BCUT2D eigenvalue weighted by molar-refractivity contribution is 6.33. The number of hydrogen-bond donors (Lipinski definition) is 1. The summed E-state index contributed by atoms with van der Waals surface area (Å²) in [5.41, 5.74) is 4.18. The van der Waals surface area contributed by atoms with E-state index >= 15 is 0 Å². The molecule has 0 spiro atoms. The third-order valence-corrected chi connectivity index (χ3v) is 3.67. The first-order valence-electron chi connectivity index (χ1n) is 6.00. The van der Waals surface area contributed by atoms with Gasteiger partial charge in [0.15, 0.2) is 0 Å². The van der Waals surface area contributed by atoms with Gasteiger partial charge in [-0.1, -0.05) is 11.6 Å². The number of methoxy groups -OCH3 is 1. The molecule has 0 unspecified atom stereocenters. The van der Waals surface area contributed by atoms with Crippen LogP contribution in [0.4, 0.5) is 0 Å². The van der Waals surface area contributed by atoms with Gasteiger partial charge in [0.1, 0.15) is 5.58 Å². The first-order chi connectivity index (χ1) is 8.65. The molecule has 0 saturated carbocycles. The summed E-state index contributed by atoms with van der Waals surface area (Å²) in [4.78, 5) is 0. The number of halogens is 1. The zero-order valence-electron chi connectivity index (χ0n) is 11.0. The molecule has 3 nitrogen and oxygen atoms in total. The van der Waals surface area contributed by atoms with Gasteiger partial charge in [-0.3, -0.25) is 0 Å². The van der Waals surface area contributed by atoms with Gasteiger partial charge >= 0.3 is 0 Å². The molecular formula is C14H18ClNO2. The van der Waals surface area contributed by atoms with Gasteiger partial charge in [-0.05, 0) is 31.0 Å². The lowest BCUT2D eigenvalue weighted by Crippen LogP contribution is -2.18. The van der Waals surface area contributed by atoms with Crippen molar-refractivity contribution in [3.63, 3.8) is 0 Å². The summed E-state index contributed by atoms with van der Waals surface area (Å²) in [6.07, 6.45) is 1.80. The van der Waals surface area contributed by atoms with E-state index in [0.717, 1.165) is 45.8 Å². The smallest absolute Gasteiger partial charge is 0.134 e. The number of aryl methyl sites for hydroxylation is 2. The molecule has 0 aliphatic carbocycles. The van der Waals surface area contributed by atoms with Crippen molar-refractivity contribution in [3.8, 4) is 0 Å². The lowest BCUT2D eigenvalue weighted by Gasteiger charge is -2.06. The molecule has 0 radical (unpaired) electrons. The van der Waals surface area contributed by atoms with Crippen molar-refractivity contribution in [2.24, 2.45) is 0 Å². The van der Waals surface area contributed by atoms with E-state index in [0.29, 0.717) is 6.61 Å². The second-order valence-corrected chi connectivity index (χ2v) is 4.81. The maximum absolute atomic E-state index is 6.29. The van der Waals surface area contributed by atoms with Crippen molar-refractivity contribution in [2.45, 2.75) is 20.4 Å². The third kappa shape index (κ3) is 2.53. The molecule has 0 amide bonds. The number of benzene rings is 1. The van der Waals surface area contributed by atoms with Crippen LogP contribution in [-0.2, 0) is 11.3 Å². The summed E-state index contributed by atoms with van der Waals surface area (Å²) >= 11 is 6.29. The Bertz CT molecular complexity index is 548. The zero-order valence-corrected chi connectivity index (χ0v) is 11.7. The maximum Gasteiger partial charge on any atom is 0.134 e. The third-order valence-electron chi connectivity index (χ3n) is 3.09. The highest BCUT2D eigenvalue weighted by atomic mass is 35.5. The van der Waals surface area contributed by atoms with E-state index in [2.05, 4.69) is 5.32 Å². The maximum atomic E-state index is 6.29. The largest absolute Gasteiger partial charge is 0.464 e. The molecule has 1 aromatic heterocycles. The molecule has 1 N–H and O–H groups in total. The molecule has 2 aromatic rings. The Balaban J connectivity index is 2.27. The molecule has 18 heavy (non-hydrogen) atoms. The molecule has 0 atom stereocenters. The summed E-state index contributed by atoms with van der Waals surface area (Å²) in [7, 11) is 1.70. The highest BCUT2D eigenvalue weighted by Crippen LogP contribution is 2.32. The second kappa shape index (κ2) is 5.74. The molecule has 1 aromatic carbocycles. The van der Waals surface area contributed by atoms with Crippen molar-refractivity contribution in [1.82, 2.24) is 5.32 Å². The van der Waals surface area contributed by atoms with Crippen LogP contribution in [0, 0.1) is 13.8 Å². The van der Waals surface area contributed by atoms with Gasteiger partial charge in [-0.15, -0.1) is 0 Å². The lowest BCUT2D eigenvalue weighted by atomic mass is 10.0. The zero-order chi connectivity index (χ0) is 13.1. The van der Waals surface area contributed by atoms with Crippen LogP contribution in [0.2, 0.25) is 5.02 Å². The van der Waals surface area contributed by atoms with Gasteiger partial charge in [0.25, 0.3) is 0 Å². The Morgan fingerprint density at radius 2 is 2.17 bits per heavy atom. The van der Waals surface area contributed by atoms with Crippen molar-refractivity contribution in [2.75, 3.05) is 20.3 Å². The number of rotatable bonds is 5. The average molecular weight is 268 g/mol. The van der Waals surface area contributed by atoms with Gasteiger partial charge < -0.3 is 14.5 Å². The molecule has 0 aliphatic heterocycles.